The van der Waals surface area contributed by atoms with Gasteiger partial charge in [-0.05, 0) is 61.4 Å². The second-order valence-electron chi connectivity index (χ2n) is 8.19. The molecule has 2 heterocycles. The van der Waals surface area contributed by atoms with E-state index in [1.54, 1.807) is 24.0 Å². The van der Waals surface area contributed by atoms with Gasteiger partial charge in [-0.2, -0.15) is 0 Å². The van der Waals surface area contributed by atoms with Crippen molar-refractivity contribution in [2.75, 3.05) is 9.80 Å². The fourth-order valence-corrected chi connectivity index (χ4v) is 5.61. The van der Waals surface area contributed by atoms with Crippen molar-refractivity contribution in [2.24, 2.45) is 0 Å². The Balaban J connectivity index is 1.57. The van der Waals surface area contributed by atoms with Gasteiger partial charge in [0.15, 0.2) is 5.01 Å². The second kappa shape index (κ2) is 8.61. The normalized spacial score (nSPS) is 17.6. The van der Waals surface area contributed by atoms with Crippen molar-refractivity contribution in [3.05, 3.63) is 88.4 Å². The maximum atomic E-state index is 13.6. The van der Waals surface area contributed by atoms with Crippen LogP contribution in [0.2, 0.25) is 5.02 Å². The first-order valence-electron chi connectivity index (χ1n) is 10.8. The van der Waals surface area contributed by atoms with Gasteiger partial charge in [0, 0.05) is 29.4 Å². The van der Waals surface area contributed by atoms with Crippen molar-refractivity contribution in [3.63, 3.8) is 0 Å². The number of fused-ring (bicyclic) bond motifs is 2. The molecule has 0 bridgehead atoms. The average molecular weight is 476 g/mol. The molecule has 0 saturated carbocycles. The summed E-state index contributed by atoms with van der Waals surface area (Å²) in [7, 11) is 0. The van der Waals surface area contributed by atoms with E-state index < -0.39 is 0 Å². The minimum Gasteiger partial charge on any atom is -0.305 e. The van der Waals surface area contributed by atoms with Crippen molar-refractivity contribution < 1.29 is 9.59 Å². The SMILES string of the molecule is CC(=O)N(c1ccc(Cl)cc1)[C@@H]1C[C@H](C)N(C(=O)c2nc3ccccc3s2)c2ccccc21. The van der Waals surface area contributed by atoms with Gasteiger partial charge in [0.05, 0.1) is 16.3 Å². The van der Waals surface area contributed by atoms with Crippen LogP contribution in [-0.4, -0.2) is 22.8 Å². The Kier molecular flexibility index (Phi) is 5.64. The van der Waals surface area contributed by atoms with Crippen molar-refractivity contribution in [1.82, 2.24) is 4.98 Å². The molecular formula is C26H22ClN3O2S. The van der Waals surface area contributed by atoms with E-state index in [0.29, 0.717) is 16.5 Å². The number of rotatable bonds is 3. The van der Waals surface area contributed by atoms with Gasteiger partial charge in [-0.15, -0.1) is 11.3 Å². The van der Waals surface area contributed by atoms with E-state index in [-0.39, 0.29) is 23.9 Å². The Hall–Kier alpha value is -3.22. The van der Waals surface area contributed by atoms with E-state index >= 15 is 0 Å². The molecule has 2 atom stereocenters. The smallest absolute Gasteiger partial charge is 0.287 e. The van der Waals surface area contributed by atoms with E-state index in [2.05, 4.69) is 4.98 Å². The van der Waals surface area contributed by atoms with E-state index in [1.165, 1.54) is 11.3 Å². The third-order valence-corrected chi connectivity index (χ3v) is 7.29. The van der Waals surface area contributed by atoms with Crippen molar-refractivity contribution in [1.29, 1.82) is 0 Å². The number of amides is 2. The summed E-state index contributed by atoms with van der Waals surface area (Å²) in [5, 5.41) is 1.09. The highest BCUT2D eigenvalue weighted by Gasteiger charge is 2.38. The predicted octanol–water partition coefficient (Wildman–Crippen LogP) is 6.48. The molecule has 0 N–H and O–H groups in total. The molecule has 0 radical (unpaired) electrons. The molecule has 2 amide bonds. The fraction of sp³-hybridized carbons (Fsp3) is 0.192. The summed E-state index contributed by atoms with van der Waals surface area (Å²) < 4.78 is 0.988. The lowest BCUT2D eigenvalue weighted by Crippen LogP contribution is -2.47. The molecule has 5 rings (SSSR count). The van der Waals surface area contributed by atoms with Crippen LogP contribution in [0.3, 0.4) is 0 Å². The molecule has 0 aliphatic carbocycles. The summed E-state index contributed by atoms with van der Waals surface area (Å²) in [6.07, 6.45) is 0.607. The maximum absolute atomic E-state index is 13.6. The first kappa shape index (κ1) is 21.6. The van der Waals surface area contributed by atoms with Crippen LogP contribution in [0.15, 0.2) is 72.8 Å². The number of carbonyl (C=O) groups is 2. The number of benzene rings is 3. The van der Waals surface area contributed by atoms with Crippen LogP contribution in [0, 0.1) is 0 Å². The zero-order chi connectivity index (χ0) is 23.1. The number of aromatic nitrogens is 1. The van der Waals surface area contributed by atoms with Crippen molar-refractivity contribution in [2.45, 2.75) is 32.4 Å². The molecule has 0 spiro atoms. The third-order valence-electron chi connectivity index (χ3n) is 6.01. The zero-order valence-corrected chi connectivity index (χ0v) is 19.8. The number of nitrogens with zero attached hydrogens (tertiary/aromatic N) is 3. The second-order valence-corrected chi connectivity index (χ2v) is 9.65. The van der Waals surface area contributed by atoms with Crippen LogP contribution < -0.4 is 9.80 Å². The van der Waals surface area contributed by atoms with Crippen LogP contribution in [0.5, 0.6) is 0 Å². The zero-order valence-electron chi connectivity index (χ0n) is 18.2. The molecule has 3 aromatic carbocycles. The van der Waals surface area contributed by atoms with E-state index in [9.17, 15) is 9.59 Å². The number of hydrogen-bond donors (Lipinski definition) is 0. The minimum atomic E-state index is -0.200. The van der Waals surface area contributed by atoms with Gasteiger partial charge in [-0.1, -0.05) is 41.9 Å². The number of thiazole rings is 1. The van der Waals surface area contributed by atoms with Gasteiger partial charge in [0.25, 0.3) is 5.91 Å². The number of hydrogen-bond acceptors (Lipinski definition) is 4. The Morgan fingerprint density at radius 2 is 1.73 bits per heavy atom. The molecule has 5 nitrogen and oxygen atoms in total. The Morgan fingerprint density at radius 1 is 1.03 bits per heavy atom. The summed E-state index contributed by atoms with van der Waals surface area (Å²) >= 11 is 7.48. The van der Waals surface area contributed by atoms with E-state index in [4.69, 9.17) is 11.6 Å². The number of para-hydroxylation sites is 2. The summed E-state index contributed by atoms with van der Waals surface area (Å²) in [5.41, 5.74) is 3.36. The number of halogens is 1. The first-order chi connectivity index (χ1) is 15.9. The first-order valence-corrected chi connectivity index (χ1v) is 12.0. The molecule has 1 aromatic heterocycles. The van der Waals surface area contributed by atoms with E-state index in [0.717, 1.165) is 27.2 Å². The number of anilines is 2. The standard InChI is InChI=1S/C26H22ClN3O2S/c1-16-15-23(30(17(2)31)19-13-11-18(27)12-14-19)20-7-3-5-9-22(20)29(16)26(32)25-28-21-8-4-6-10-24(21)33-25/h3-14,16,23H,15H2,1-2H3/t16-,23+/m0/s1. The van der Waals surface area contributed by atoms with Gasteiger partial charge < -0.3 is 9.80 Å². The summed E-state index contributed by atoms with van der Waals surface area (Å²) in [5.74, 6) is -0.175. The fourth-order valence-electron chi connectivity index (χ4n) is 4.59. The van der Waals surface area contributed by atoms with Crippen LogP contribution in [0.1, 0.15) is 41.7 Å². The molecule has 1 aliphatic rings. The average Bonchev–Trinajstić information content (AvgIpc) is 3.24. The molecule has 0 fully saturated rings. The summed E-state index contributed by atoms with van der Waals surface area (Å²) in [6, 6.07) is 22.5. The highest BCUT2D eigenvalue weighted by molar-refractivity contribution is 7.20. The third kappa shape index (κ3) is 3.90. The van der Waals surface area contributed by atoms with Crippen LogP contribution >= 0.6 is 22.9 Å². The lowest BCUT2D eigenvalue weighted by molar-refractivity contribution is -0.117. The molecule has 33 heavy (non-hydrogen) atoms. The molecule has 1 aliphatic heterocycles. The Bertz CT molecular complexity index is 1320. The lowest BCUT2D eigenvalue weighted by atomic mass is 9.90. The monoisotopic (exact) mass is 475 g/mol. The number of carbonyl (C=O) groups excluding carboxylic acids is 2. The summed E-state index contributed by atoms with van der Waals surface area (Å²) in [4.78, 5) is 34.6. The topological polar surface area (TPSA) is 53.5 Å². The molecule has 7 heteroatoms. The van der Waals surface area contributed by atoms with Gasteiger partial charge in [-0.3, -0.25) is 9.59 Å². The van der Waals surface area contributed by atoms with Gasteiger partial charge in [0.1, 0.15) is 0 Å². The minimum absolute atomic E-state index is 0.0599. The van der Waals surface area contributed by atoms with Crippen LogP contribution in [0.25, 0.3) is 10.2 Å². The molecule has 4 aromatic rings. The maximum Gasteiger partial charge on any atom is 0.287 e. The lowest BCUT2D eigenvalue weighted by Gasteiger charge is -2.43. The highest BCUT2D eigenvalue weighted by atomic mass is 35.5. The Labute approximate surface area is 201 Å². The van der Waals surface area contributed by atoms with Crippen molar-refractivity contribution in [3.8, 4) is 0 Å². The summed E-state index contributed by atoms with van der Waals surface area (Å²) in [6.45, 7) is 3.59. The molecule has 0 unspecified atom stereocenters. The van der Waals surface area contributed by atoms with E-state index in [1.807, 2.05) is 72.5 Å². The molecule has 166 valence electrons. The quantitative estimate of drug-likeness (QED) is 0.340. The van der Waals surface area contributed by atoms with Crippen molar-refractivity contribution >= 4 is 56.3 Å². The van der Waals surface area contributed by atoms with Gasteiger partial charge >= 0.3 is 0 Å². The largest absolute Gasteiger partial charge is 0.305 e. The Morgan fingerprint density at radius 3 is 2.45 bits per heavy atom. The van der Waals surface area contributed by atoms with Crippen LogP contribution in [0.4, 0.5) is 11.4 Å². The predicted molar refractivity (Wildman–Crippen MR) is 134 cm³/mol. The van der Waals surface area contributed by atoms with Gasteiger partial charge in [-0.25, -0.2) is 4.98 Å². The highest BCUT2D eigenvalue weighted by Crippen LogP contribution is 2.43. The van der Waals surface area contributed by atoms with Gasteiger partial charge in [0.2, 0.25) is 5.91 Å². The molecule has 0 saturated heterocycles. The molecular weight excluding hydrogens is 454 g/mol. The van der Waals surface area contributed by atoms with Crippen LogP contribution in [-0.2, 0) is 4.79 Å².